The van der Waals surface area contributed by atoms with E-state index >= 15 is 0 Å². The second kappa shape index (κ2) is 5.81. The molecular formula is C17H19NO5. The summed E-state index contributed by atoms with van der Waals surface area (Å²) in [5.74, 6) is -0.332. The predicted molar refractivity (Wildman–Crippen MR) is 82.1 cm³/mol. The molecule has 0 amide bonds. The Labute approximate surface area is 134 Å². The van der Waals surface area contributed by atoms with Gasteiger partial charge >= 0.3 is 5.88 Å². The van der Waals surface area contributed by atoms with E-state index in [1.807, 2.05) is 12.1 Å². The van der Waals surface area contributed by atoms with Crippen LogP contribution in [0.15, 0.2) is 36.5 Å². The first-order valence-corrected chi connectivity index (χ1v) is 7.32. The highest BCUT2D eigenvalue weighted by Gasteiger charge is 2.39. The zero-order valence-corrected chi connectivity index (χ0v) is 13.3. The van der Waals surface area contributed by atoms with Gasteiger partial charge in [0.2, 0.25) is 5.79 Å². The molecule has 2 heterocycles. The number of fused-ring (bicyclic) bond motifs is 2. The van der Waals surface area contributed by atoms with Crippen molar-refractivity contribution in [2.45, 2.75) is 25.2 Å². The third-order valence-corrected chi connectivity index (χ3v) is 4.20. The van der Waals surface area contributed by atoms with Gasteiger partial charge in [-0.05, 0) is 31.2 Å². The Kier molecular flexibility index (Phi) is 3.97. The number of aromatic nitrogens is 1. The van der Waals surface area contributed by atoms with E-state index in [9.17, 15) is 10.3 Å². The van der Waals surface area contributed by atoms with Gasteiger partial charge in [-0.25, -0.2) is 0 Å². The monoisotopic (exact) mass is 317 g/mol. The number of aliphatic hydroxyl groups is 1. The number of nitrogens with zero attached hydrogens (tertiary/aromatic N) is 1. The third-order valence-electron chi connectivity index (χ3n) is 4.20. The van der Waals surface area contributed by atoms with Crippen LogP contribution in [0, 0.1) is 5.21 Å². The first-order valence-electron chi connectivity index (χ1n) is 7.32. The van der Waals surface area contributed by atoms with Gasteiger partial charge in [0.25, 0.3) is 0 Å². The van der Waals surface area contributed by atoms with Crippen molar-refractivity contribution in [2.75, 3.05) is 14.2 Å². The Morgan fingerprint density at radius 2 is 2.00 bits per heavy atom. The largest absolute Gasteiger partial charge is 0.616 e. The summed E-state index contributed by atoms with van der Waals surface area (Å²) in [6.45, 7) is 1.61. The topological polar surface area (TPSA) is 74.9 Å². The van der Waals surface area contributed by atoms with Gasteiger partial charge in [-0.2, -0.15) is 0 Å². The van der Waals surface area contributed by atoms with Crippen LogP contribution in [-0.4, -0.2) is 25.4 Å². The Morgan fingerprint density at radius 3 is 2.65 bits per heavy atom. The van der Waals surface area contributed by atoms with Crippen LogP contribution in [0.5, 0.6) is 11.6 Å². The smallest absolute Gasteiger partial charge is 0.388 e. The summed E-state index contributed by atoms with van der Waals surface area (Å²) in [4.78, 5) is 0. The van der Waals surface area contributed by atoms with Gasteiger partial charge in [0.1, 0.15) is 11.9 Å². The van der Waals surface area contributed by atoms with Crippen LogP contribution in [0.3, 0.4) is 0 Å². The summed E-state index contributed by atoms with van der Waals surface area (Å²) in [6.07, 6.45) is 1.10. The van der Waals surface area contributed by atoms with E-state index in [-0.39, 0.29) is 0 Å². The molecule has 1 aliphatic heterocycles. The van der Waals surface area contributed by atoms with E-state index in [1.165, 1.54) is 20.4 Å². The van der Waals surface area contributed by atoms with E-state index in [1.54, 1.807) is 25.1 Å². The Balaban J connectivity index is 2.04. The molecule has 1 unspecified atom stereocenters. The zero-order valence-electron chi connectivity index (χ0n) is 13.3. The number of rotatable bonds is 4. The van der Waals surface area contributed by atoms with E-state index < -0.39 is 11.9 Å². The van der Waals surface area contributed by atoms with E-state index in [4.69, 9.17) is 14.2 Å². The second-order valence-corrected chi connectivity index (χ2v) is 5.52. The lowest BCUT2D eigenvalue weighted by Crippen LogP contribution is -2.41. The predicted octanol–water partition coefficient (Wildman–Crippen LogP) is 1.84. The fraction of sp³-hybridized carbons (Fsp3) is 0.353. The number of aliphatic hydroxyl groups excluding tert-OH is 1. The van der Waals surface area contributed by atoms with Crippen LogP contribution in [0.4, 0.5) is 0 Å². The molecule has 2 aromatic rings. The van der Waals surface area contributed by atoms with Crippen molar-refractivity contribution in [3.63, 3.8) is 0 Å². The molecule has 1 atom stereocenters. The van der Waals surface area contributed by atoms with Gasteiger partial charge in [-0.1, -0.05) is 0 Å². The third kappa shape index (κ3) is 2.45. The molecule has 0 radical (unpaired) electrons. The van der Waals surface area contributed by atoms with Crippen molar-refractivity contribution >= 4 is 0 Å². The van der Waals surface area contributed by atoms with Gasteiger partial charge in [-0.3, -0.25) is 0 Å². The molecule has 122 valence electrons. The van der Waals surface area contributed by atoms with Crippen molar-refractivity contribution in [3.8, 4) is 11.6 Å². The van der Waals surface area contributed by atoms with Crippen molar-refractivity contribution in [1.82, 2.24) is 0 Å². The summed E-state index contributed by atoms with van der Waals surface area (Å²) in [6, 6.07) is 8.94. The molecule has 6 nitrogen and oxygen atoms in total. The van der Waals surface area contributed by atoms with Crippen LogP contribution in [-0.2, 0) is 21.7 Å². The van der Waals surface area contributed by atoms with Crippen LogP contribution in [0.25, 0.3) is 0 Å². The number of pyridine rings is 1. The summed E-state index contributed by atoms with van der Waals surface area (Å²) in [5, 5.41) is 21.9. The highest BCUT2D eigenvalue weighted by Crippen LogP contribution is 2.38. The summed E-state index contributed by atoms with van der Waals surface area (Å²) < 4.78 is 17.3. The maximum atomic E-state index is 11.8. The van der Waals surface area contributed by atoms with Crippen LogP contribution >= 0.6 is 0 Å². The molecule has 0 spiro atoms. The van der Waals surface area contributed by atoms with Crippen LogP contribution in [0.1, 0.15) is 23.6 Å². The van der Waals surface area contributed by atoms with Crippen molar-refractivity contribution < 1.29 is 24.0 Å². The van der Waals surface area contributed by atoms with E-state index in [0.29, 0.717) is 23.6 Å². The van der Waals surface area contributed by atoms with Gasteiger partial charge in [0.15, 0.2) is 6.20 Å². The second-order valence-electron chi connectivity index (χ2n) is 5.52. The average Bonchev–Trinajstić information content (AvgIpc) is 2.55. The highest BCUT2D eigenvalue weighted by atomic mass is 16.7. The summed E-state index contributed by atoms with van der Waals surface area (Å²) >= 11 is 0. The van der Waals surface area contributed by atoms with Crippen molar-refractivity contribution in [3.05, 3.63) is 58.4 Å². The SMILES string of the molecule is COC(OC)(c1ccc2c(c1)Cc1ccc[n+]([O-])c1O2)C(C)O. The molecule has 1 aromatic carbocycles. The molecule has 6 heteroatoms. The molecule has 0 fully saturated rings. The first kappa shape index (κ1) is 15.7. The number of methoxy groups -OCH3 is 2. The standard InChI is InChI=1S/C17H19NO5/c1-11(19)17(21-2,22-3)14-6-7-15-13(10-14)9-12-5-4-8-18(20)16(12)23-15/h4-8,10-11,19H,9H2,1-3H3. The van der Waals surface area contributed by atoms with E-state index in [2.05, 4.69) is 0 Å². The maximum Gasteiger partial charge on any atom is 0.388 e. The molecule has 1 aromatic heterocycles. The lowest BCUT2D eigenvalue weighted by molar-refractivity contribution is -0.611. The Hall–Kier alpha value is -2.15. The molecule has 0 saturated carbocycles. The molecule has 0 aliphatic carbocycles. The number of hydrogen-bond acceptors (Lipinski definition) is 5. The van der Waals surface area contributed by atoms with Crippen LogP contribution < -0.4 is 9.47 Å². The minimum absolute atomic E-state index is 0.299. The van der Waals surface area contributed by atoms with Crippen molar-refractivity contribution in [1.29, 1.82) is 0 Å². The minimum atomic E-state index is -1.25. The summed E-state index contributed by atoms with van der Waals surface area (Å²) in [5.41, 5.74) is 2.40. The maximum absolute atomic E-state index is 11.8. The van der Waals surface area contributed by atoms with Crippen LogP contribution in [0.2, 0.25) is 0 Å². The Morgan fingerprint density at radius 1 is 1.26 bits per heavy atom. The lowest BCUT2D eigenvalue weighted by atomic mass is 9.94. The lowest BCUT2D eigenvalue weighted by Gasteiger charge is -2.34. The molecular weight excluding hydrogens is 298 g/mol. The molecule has 0 saturated heterocycles. The quantitative estimate of drug-likeness (QED) is 0.451. The van der Waals surface area contributed by atoms with E-state index in [0.717, 1.165) is 15.9 Å². The normalized spacial score (nSPS) is 14.6. The summed E-state index contributed by atoms with van der Waals surface area (Å²) in [7, 11) is 2.98. The molecule has 23 heavy (non-hydrogen) atoms. The van der Waals surface area contributed by atoms with Crippen molar-refractivity contribution in [2.24, 2.45) is 0 Å². The Bertz CT molecular complexity index is 725. The zero-order chi connectivity index (χ0) is 16.6. The molecule has 3 rings (SSSR count). The number of hydrogen-bond donors (Lipinski definition) is 1. The fourth-order valence-electron chi connectivity index (χ4n) is 3.01. The molecule has 1 N–H and O–H groups in total. The average molecular weight is 317 g/mol. The highest BCUT2D eigenvalue weighted by molar-refractivity contribution is 5.48. The van der Waals surface area contributed by atoms with Gasteiger partial charge < -0.3 is 24.5 Å². The van der Waals surface area contributed by atoms with Gasteiger partial charge in [-0.15, -0.1) is 4.73 Å². The minimum Gasteiger partial charge on any atom is -0.616 e. The fourth-order valence-corrected chi connectivity index (χ4v) is 3.01. The number of benzene rings is 1. The molecule has 0 bridgehead atoms. The van der Waals surface area contributed by atoms with Gasteiger partial charge in [0.05, 0.1) is 5.56 Å². The number of ether oxygens (including phenoxy) is 3. The first-order chi connectivity index (χ1) is 11.0. The van der Waals surface area contributed by atoms with Gasteiger partial charge in [0, 0.05) is 37.8 Å². The molecule has 1 aliphatic rings.